The van der Waals surface area contributed by atoms with E-state index in [1.165, 1.54) is 24.1 Å². The molecule has 0 aromatic carbocycles. The summed E-state index contributed by atoms with van der Waals surface area (Å²) in [4.78, 5) is 16.1. The molecule has 1 fully saturated rings. The van der Waals surface area contributed by atoms with Crippen LogP contribution >= 0.6 is 23.7 Å². The summed E-state index contributed by atoms with van der Waals surface area (Å²) in [5, 5.41) is 8.58. The molecule has 2 heterocycles. The van der Waals surface area contributed by atoms with Gasteiger partial charge in [-0.05, 0) is 68.7 Å². The third kappa shape index (κ3) is 7.26. The smallest absolute Gasteiger partial charge is 0.234 e. The maximum Gasteiger partial charge on any atom is 0.234 e. The van der Waals surface area contributed by atoms with Crippen LogP contribution in [-0.4, -0.2) is 44.0 Å². The molecule has 0 saturated carbocycles. The molecule has 1 atom stereocenters. The second-order valence-corrected chi connectivity index (χ2v) is 8.97. The third-order valence-electron chi connectivity index (χ3n) is 4.88. The van der Waals surface area contributed by atoms with Crippen LogP contribution in [0.3, 0.4) is 0 Å². The van der Waals surface area contributed by atoms with Crippen LogP contribution in [0.25, 0.3) is 0 Å². The molecular weight excluding hydrogens is 354 g/mol. The van der Waals surface area contributed by atoms with Gasteiger partial charge in [0.2, 0.25) is 5.91 Å². The first-order valence-corrected chi connectivity index (χ1v) is 9.98. The predicted octanol–water partition coefficient (Wildman–Crippen LogP) is 3.69. The van der Waals surface area contributed by atoms with Crippen molar-refractivity contribution < 1.29 is 4.79 Å². The van der Waals surface area contributed by atoms with Crippen LogP contribution in [0.4, 0.5) is 0 Å². The zero-order chi connectivity index (χ0) is 17.6. The van der Waals surface area contributed by atoms with Gasteiger partial charge in [0.05, 0.1) is 12.6 Å². The fraction of sp³-hybridized carbons (Fsp3) is 0.737. The molecule has 4 nitrogen and oxygen atoms in total. The molecule has 1 aliphatic rings. The quantitative estimate of drug-likeness (QED) is 0.749. The minimum atomic E-state index is 0. The highest BCUT2D eigenvalue weighted by Gasteiger charge is 2.29. The first-order valence-electron chi connectivity index (χ1n) is 9.10. The van der Waals surface area contributed by atoms with Crippen molar-refractivity contribution in [3.63, 3.8) is 0 Å². The minimum absolute atomic E-state index is 0. The molecule has 1 aromatic rings. The molecule has 1 saturated heterocycles. The van der Waals surface area contributed by atoms with Gasteiger partial charge in [0.1, 0.15) is 0 Å². The van der Waals surface area contributed by atoms with Gasteiger partial charge in [-0.15, -0.1) is 23.7 Å². The number of hydrogen-bond acceptors (Lipinski definition) is 4. The van der Waals surface area contributed by atoms with Crippen molar-refractivity contribution in [2.24, 2.45) is 11.3 Å². The zero-order valence-electron chi connectivity index (χ0n) is 16.0. The lowest BCUT2D eigenvalue weighted by molar-refractivity contribution is -0.124. The van der Waals surface area contributed by atoms with E-state index in [0.29, 0.717) is 6.54 Å². The number of carbonyl (C=O) groups is 1. The highest BCUT2D eigenvalue weighted by atomic mass is 35.5. The number of nitrogens with zero attached hydrogens (tertiary/aromatic N) is 1. The van der Waals surface area contributed by atoms with Crippen LogP contribution in [0.15, 0.2) is 17.5 Å². The van der Waals surface area contributed by atoms with Gasteiger partial charge in [-0.25, -0.2) is 0 Å². The van der Waals surface area contributed by atoms with E-state index in [1.807, 2.05) is 7.05 Å². The first kappa shape index (κ1) is 22.4. The van der Waals surface area contributed by atoms with Gasteiger partial charge in [0.25, 0.3) is 0 Å². The number of piperidine rings is 1. The standard InChI is InChI=1S/C19H33N3OS.ClH/c1-19(2,3)18(16-6-5-13-24-16)21-17(23)14-22-11-8-15(9-12-22)7-10-20-4;/h5-6,13,15,18,20H,7-12,14H2,1-4H3,(H,21,23);1H. The third-order valence-corrected chi connectivity index (χ3v) is 5.81. The maximum atomic E-state index is 12.6. The highest BCUT2D eigenvalue weighted by Crippen LogP contribution is 2.35. The number of hydrogen-bond donors (Lipinski definition) is 2. The molecule has 0 radical (unpaired) electrons. The summed E-state index contributed by atoms with van der Waals surface area (Å²) in [6.45, 7) is 10.3. The average molecular weight is 388 g/mol. The molecule has 6 heteroatoms. The monoisotopic (exact) mass is 387 g/mol. The molecule has 0 aliphatic carbocycles. The Morgan fingerprint density at radius 2 is 2.04 bits per heavy atom. The Morgan fingerprint density at radius 3 is 2.56 bits per heavy atom. The SMILES string of the molecule is CNCCC1CCN(CC(=O)NC(c2cccs2)C(C)(C)C)CC1.Cl. The van der Waals surface area contributed by atoms with Crippen molar-refractivity contribution in [3.8, 4) is 0 Å². The number of rotatable bonds is 7. The summed E-state index contributed by atoms with van der Waals surface area (Å²) < 4.78 is 0. The summed E-state index contributed by atoms with van der Waals surface area (Å²) in [7, 11) is 2.01. The van der Waals surface area contributed by atoms with Crippen LogP contribution in [0, 0.1) is 11.3 Å². The molecule has 144 valence electrons. The second-order valence-electron chi connectivity index (χ2n) is 7.99. The van der Waals surface area contributed by atoms with Gasteiger partial charge in [0, 0.05) is 4.88 Å². The van der Waals surface area contributed by atoms with Gasteiger partial charge in [0.15, 0.2) is 0 Å². The first-order chi connectivity index (χ1) is 11.4. The molecule has 0 spiro atoms. The molecule has 1 aromatic heterocycles. The number of nitrogens with one attached hydrogen (secondary N) is 2. The van der Waals surface area contributed by atoms with Crippen molar-refractivity contribution in [2.75, 3.05) is 33.2 Å². The Bertz CT molecular complexity index is 493. The number of halogens is 1. The summed E-state index contributed by atoms with van der Waals surface area (Å²) in [6, 6.07) is 4.26. The molecule has 1 aliphatic heterocycles. The minimum Gasteiger partial charge on any atom is -0.347 e. The molecule has 25 heavy (non-hydrogen) atoms. The van der Waals surface area contributed by atoms with Crippen molar-refractivity contribution in [1.29, 1.82) is 0 Å². The molecule has 1 unspecified atom stereocenters. The van der Waals surface area contributed by atoms with Crippen molar-refractivity contribution in [1.82, 2.24) is 15.5 Å². The lowest BCUT2D eigenvalue weighted by atomic mass is 9.85. The maximum absolute atomic E-state index is 12.6. The van der Waals surface area contributed by atoms with Crippen LogP contribution in [0.1, 0.15) is 51.0 Å². The topological polar surface area (TPSA) is 44.4 Å². The molecule has 2 N–H and O–H groups in total. The van der Waals surface area contributed by atoms with E-state index in [2.05, 4.69) is 53.8 Å². The fourth-order valence-electron chi connectivity index (χ4n) is 3.36. The predicted molar refractivity (Wildman–Crippen MR) is 110 cm³/mol. The van der Waals surface area contributed by atoms with Gasteiger partial charge in [-0.3, -0.25) is 9.69 Å². The van der Waals surface area contributed by atoms with Gasteiger partial charge in [-0.2, -0.15) is 0 Å². The summed E-state index contributed by atoms with van der Waals surface area (Å²) in [5.41, 5.74) is 0.0145. The van der Waals surface area contributed by atoms with E-state index in [0.717, 1.165) is 25.6 Å². The second kappa shape index (κ2) is 10.5. The van der Waals surface area contributed by atoms with E-state index in [-0.39, 0.29) is 29.8 Å². The van der Waals surface area contributed by atoms with E-state index >= 15 is 0 Å². The van der Waals surface area contributed by atoms with Crippen LogP contribution in [-0.2, 0) is 4.79 Å². The van der Waals surface area contributed by atoms with Crippen molar-refractivity contribution in [2.45, 2.75) is 46.1 Å². The lowest BCUT2D eigenvalue weighted by Gasteiger charge is -2.34. The van der Waals surface area contributed by atoms with Crippen LogP contribution in [0.2, 0.25) is 0 Å². The Kier molecular flexibility index (Phi) is 9.43. The zero-order valence-corrected chi connectivity index (χ0v) is 17.6. The molecule has 0 bridgehead atoms. The van der Waals surface area contributed by atoms with Crippen molar-refractivity contribution >= 4 is 29.7 Å². The van der Waals surface area contributed by atoms with Crippen LogP contribution in [0.5, 0.6) is 0 Å². The molecule has 1 amide bonds. The lowest BCUT2D eigenvalue weighted by Crippen LogP contribution is -2.44. The van der Waals surface area contributed by atoms with Crippen molar-refractivity contribution in [3.05, 3.63) is 22.4 Å². The van der Waals surface area contributed by atoms with E-state index < -0.39 is 0 Å². The molecule has 2 rings (SSSR count). The normalized spacial score (nSPS) is 17.8. The van der Waals surface area contributed by atoms with Gasteiger partial charge in [-0.1, -0.05) is 26.8 Å². The Balaban J connectivity index is 0.00000312. The highest BCUT2D eigenvalue weighted by molar-refractivity contribution is 7.10. The van der Waals surface area contributed by atoms with Gasteiger partial charge < -0.3 is 10.6 Å². The van der Waals surface area contributed by atoms with Crippen LogP contribution < -0.4 is 10.6 Å². The summed E-state index contributed by atoms with van der Waals surface area (Å²) in [6.07, 6.45) is 3.67. The summed E-state index contributed by atoms with van der Waals surface area (Å²) >= 11 is 1.72. The Labute approximate surface area is 163 Å². The largest absolute Gasteiger partial charge is 0.347 e. The number of carbonyl (C=O) groups excluding carboxylic acids is 1. The fourth-order valence-corrected chi connectivity index (χ4v) is 4.38. The Morgan fingerprint density at radius 1 is 1.36 bits per heavy atom. The van der Waals surface area contributed by atoms with E-state index in [9.17, 15) is 4.79 Å². The average Bonchev–Trinajstić information content (AvgIpc) is 3.05. The Hall–Kier alpha value is -0.620. The number of likely N-dealkylation sites (tertiary alicyclic amines) is 1. The molecular formula is C19H34ClN3OS. The summed E-state index contributed by atoms with van der Waals surface area (Å²) in [5.74, 6) is 0.960. The van der Waals surface area contributed by atoms with Gasteiger partial charge >= 0.3 is 0 Å². The number of amides is 1. The number of thiophene rings is 1. The van der Waals surface area contributed by atoms with E-state index in [4.69, 9.17) is 0 Å². The van der Waals surface area contributed by atoms with E-state index in [1.54, 1.807) is 11.3 Å².